The first-order valence-corrected chi connectivity index (χ1v) is 26.7. The molecule has 2 aliphatic carbocycles. The summed E-state index contributed by atoms with van der Waals surface area (Å²) < 4.78 is 0. The van der Waals surface area contributed by atoms with Crippen LogP contribution in [0.5, 0.6) is 0 Å². The first-order valence-electron chi connectivity index (χ1n) is 26.7. The van der Waals surface area contributed by atoms with Crippen LogP contribution >= 0.6 is 0 Å². The average molecular weight is 964 g/mol. The molecule has 0 saturated carbocycles. The summed E-state index contributed by atoms with van der Waals surface area (Å²) in [5.74, 6) is 0. The highest BCUT2D eigenvalue weighted by atomic mass is 15.2. The third-order valence-electron chi connectivity index (χ3n) is 16.7. The molecule has 1 nitrogen and oxygen atoms in total. The molecule has 0 amide bonds. The van der Waals surface area contributed by atoms with Gasteiger partial charge in [-0.2, -0.15) is 0 Å². The van der Waals surface area contributed by atoms with Gasteiger partial charge in [-0.3, -0.25) is 0 Å². The normalized spacial score (nSPS) is 13.7. The molecule has 0 aromatic heterocycles. The zero-order valence-corrected chi connectivity index (χ0v) is 44.0. The number of hydrogen-bond acceptors (Lipinski definition) is 1. The fraction of sp³-hybridized carbons (Fsp3) is 0.135. The summed E-state index contributed by atoms with van der Waals surface area (Å²) in [6.07, 6.45) is 0. The van der Waals surface area contributed by atoms with Crippen LogP contribution in [0.15, 0.2) is 243 Å². The highest BCUT2D eigenvalue weighted by Crippen LogP contribution is 2.57. The average Bonchev–Trinajstić information content (AvgIpc) is 3.84. The molecule has 0 unspecified atom stereocenters. The number of fused-ring (bicyclic) bond motifs is 7. The van der Waals surface area contributed by atoms with Gasteiger partial charge in [0.05, 0.1) is 11.4 Å². The summed E-state index contributed by atoms with van der Waals surface area (Å²) in [7, 11) is 0. The fourth-order valence-electron chi connectivity index (χ4n) is 12.8. The van der Waals surface area contributed by atoms with Gasteiger partial charge in [-0.05, 0) is 136 Å². The van der Waals surface area contributed by atoms with Gasteiger partial charge in [0.25, 0.3) is 0 Å². The number of nitrogens with zero attached hydrogens (tertiary/aromatic N) is 1. The van der Waals surface area contributed by atoms with Crippen molar-refractivity contribution in [3.8, 4) is 77.9 Å². The van der Waals surface area contributed by atoms with Gasteiger partial charge >= 0.3 is 0 Å². The first-order chi connectivity index (χ1) is 36.4. The van der Waals surface area contributed by atoms with Crippen molar-refractivity contribution < 1.29 is 0 Å². The van der Waals surface area contributed by atoms with Crippen LogP contribution in [0.3, 0.4) is 0 Å². The first kappa shape index (κ1) is 46.3. The summed E-state index contributed by atoms with van der Waals surface area (Å²) in [6, 6.07) is 91.5. The van der Waals surface area contributed by atoms with Crippen molar-refractivity contribution in [2.45, 2.75) is 64.7 Å². The quantitative estimate of drug-likeness (QED) is 0.147. The maximum Gasteiger partial charge on any atom is 0.0619 e. The molecular formula is C74H61N. The molecular weight excluding hydrogens is 903 g/mol. The predicted molar refractivity (Wildman–Crippen MR) is 320 cm³/mol. The summed E-state index contributed by atoms with van der Waals surface area (Å²) in [4.78, 5) is 2.62. The Balaban J connectivity index is 1.16. The van der Waals surface area contributed by atoms with Crippen LogP contribution in [0.1, 0.15) is 76.3 Å². The highest BCUT2D eigenvalue weighted by molar-refractivity contribution is 6.12. The lowest BCUT2D eigenvalue weighted by Gasteiger charge is -2.34. The SMILES string of the molecule is CC(C)(C)c1ccc(-c2cc(-c3ccccc3)c(N(c3ccc4c(c3)-c3ccccc3C4(C)C)c3ccc4ccccc4c3-c3ccccc3-c3cccc4c3-c3ccccc3C4(C)C)c(-c3ccccc3)c2)cc1. The molecule has 0 bridgehead atoms. The van der Waals surface area contributed by atoms with Gasteiger partial charge in [0.15, 0.2) is 0 Å². The topological polar surface area (TPSA) is 3.24 Å². The Morgan fingerprint density at radius 2 is 0.840 bits per heavy atom. The summed E-state index contributed by atoms with van der Waals surface area (Å²) in [6.45, 7) is 16.4. The van der Waals surface area contributed by atoms with Crippen LogP contribution in [0.4, 0.5) is 17.1 Å². The third kappa shape index (κ3) is 7.51. The smallest absolute Gasteiger partial charge is 0.0619 e. The van der Waals surface area contributed by atoms with E-state index in [9.17, 15) is 0 Å². The Labute approximate surface area is 443 Å². The van der Waals surface area contributed by atoms with Crippen molar-refractivity contribution in [1.82, 2.24) is 0 Å². The molecule has 0 heterocycles. The van der Waals surface area contributed by atoms with Gasteiger partial charge in [-0.25, -0.2) is 0 Å². The lowest BCUT2D eigenvalue weighted by atomic mass is 9.81. The Bertz CT molecular complexity index is 3960. The van der Waals surface area contributed by atoms with E-state index >= 15 is 0 Å². The van der Waals surface area contributed by atoms with Crippen LogP contribution in [0, 0.1) is 0 Å². The van der Waals surface area contributed by atoms with Gasteiger partial charge in [0.2, 0.25) is 0 Å². The molecule has 1 heteroatoms. The van der Waals surface area contributed by atoms with Crippen molar-refractivity contribution in [1.29, 1.82) is 0 Å². The van der Waals surface area contributed by atoms with E-state index in [0.717, 1.165) is 39.3 Å². The molecule has 11 aromatic carbocycles. The number of rotatable bonds is 8. The lowest BCUT2D eigenvalue weighted by molar-refractivity contribution is 0.590. The van der Waals surface area contributed by atoms with Crippen LogP contribution < -0.4 is 4.90 Å². The van der Waals surface area contributed by atoms with Crippen LogP contribution in [0.25, 0.3) is 88.7 Å². The van der Waals surface area contributed by atoms with E-state index in [1.165, 1.54) is 94.2 Å². The van der Waals surface area contributed by atoms with Gasteiger partial charge in [0.1, 0.15) is 0 Å². The van der Waals surface area contributed by atoms with E-state index in [1.54, 1.807) is 0 Å². The van der Waals surface area contributed by atoms with Gasteiger partial charge in [0, 0.05) is 33.2 Å². The summed E-state index contributed by atoms with van der Waals surface area (Å²) in [5.41, 5.74) is 26.9. The van der Waals surface area contributed by atoms with Crippen molar-refractivity contribution in [3.05, 3.63) is 270 Å². The molecule has 0 fully saturated rings. The number of benzene rings is 11. The second-order valence-electron chi connectivity index (χ2n) is 22.8. The Kier molecular flexibility index (Phi) is 10.8. The van der Waals surface area contributed by atoms with Crippen molar-refractivity contribution >= 4 is 27.8 Å². The Hall–Kier alpha value is -8.52. The van der Waals surface area contributed by atoms with E-state index in [-0.39, 0.29) is 16.2 Å². The van der Waals surface area contributed by atoms with Crippen molar-refractivity contribution in [3.63, 3.8) is 0 Å². The van der Waals surface area contributed by atoms with E-state index in [0.29, 0.717) is 0 Å². The summed E-state index contributed by atoms with van der Waals surface area (Å²) in [5, 5.41) is 2.40. The van der Waals surface area contributed by atoms with Gasteiger partial charge < -0.3 is 4.90 Å². The number of anilines is 3. The number of hydrogen-bond donors (Lipinski definition) is 0. The molecule has 75 heavy (non-hydrogen) atoms. The molecule has 13 rings (SSSR count). The lowest BCUT2D eigenvalue weighted by Crippen LogP contribution is -2.16. The molecule has 362 valence electrons. The predicted octanol–water partition coefficient (Wildman–Crippen LogP) is 20.6. The fourth-order valence-corrected chi connectivity index (χ4v) is 12.8. The van der Waals surface area contributed by atoms with Gasteiger partial charge in [-0.15, -0.1) is 0 Å². The minimum Gasteiger partial charge on any atom is -0.309 e. The maximum atomic E-state index is 2.62. The molecule has 2 aliphatic rings. The molecule has 0 N–H and O–H groups in total. The third-order valence-corrected chi connectivity index (χ3v) is 16.7. The van der Waals surface area contributed by atoms with Crippen LogP contribution in [0.2, 0.25) is 0 Å². The van der Waals surface area contributed by atoms with Crippen LogP contribution in [-0.4, -0.2) is 0 Å². The van der Waals surface area contributed by atoms with Crippen molar-refractivity contribution in [2.75, 3.05) is 4.90 Å². The molecule has 0 saturated heterocycles. The molecule has 0 aliphatic heterocycles. The maximum absolute atomic E-state index is 2.62. The minimum atomic E-state index is -0.153. The molecule has 0 atom stereocenters. The monoisotopic (exact) mass is 963 g/mol. The van der Waals surface area contributed by atoms with Gasteiger partial charge in [-0.1, -0.05) is 261 Å². The second-order valence-corrected chi connectivity index (χ2v) is 22.8. The zero-order chi connectivity index (χ0) is 51.2. The van der Waals surface area contributed by atoms with E-state index in [2.05, 4.69) is 296 Å². The Morgan fingerprint density at radius 1 is 0.320 bits per heavy atom. The van der Waals surface area contributed by atoms with Crippen LogP contribution in [-0.2, 0) is 16.2 Å². The van der Waals surface area contributed by atoms with Crippen molar-refractivity contribution in [2.24, 2.45) is 0 Å². The largest absolute Gasteiger partial charge is 0.309 e. The second kappa shape index (κ2) is 17.6. The molecule has 11 aromatic rings. The minimum absolute atomic E-state index is 0.0384. The zero-order valence-electron chi connectivity index (χ0n) is 44.0. The van der Waals surface area contributed by atoms with E-state index in [4.69, 9.17) is 0 Å². The van der Waals surface area contributed by atoms with E-state index < -0.39 is 0 Å². The summed E-state index contributed by atoms with van der Waals surface area (Å²) >= 11 is 0. The van der Waals surface area contributed by atoms with E-state index in [1.807, 2.05) is 0 Å². The standard InChI is InChI=1S/C74H61N/c1-72(2,3)53-40-37-48(38-41-53)52-45-61(49-23-10-8-11-24-49)71(62(46-52)50-25-12-9-13-26-50)75(54-42-43-66-63(47-54)57-30-18-20-34-64(57)73(66,4)5)68-44-39-51-27-14-15-28-55(51)70(68)59-31-17-16-29-56(59)58-33-22-36-67-69(58)60-32-19-21-35-65(60)74(67,6)7/h8-47H,1-7H3. The molecule has 0 spiro atoms. The highest BCUT2D eigenvalue weighted by Gasteiger charge is 2.39. The molecule has 0 radical (unpaired) electrons. The Morgan fingerprint density at radius 3 is 1.51 bits per heavy atom.